The molecule has 89 valence electrons. The van der Waals surface area contributed by atoms with Crippen molar-refractivity contribution in [2.75, 3.05) is 5.73 Å². The number of ether oxygens (including phenoxy) is 1. The first-order valence-corrected chi connectivity index (χ1v) is 5.24. The number of alkyl halides is 1. The highest BCUT2D eigenvalue weighted by molar-refractivity contribution is 5.81. The largest absolute Gasteiger partial charge is 0.382 e. The van der Waals surface area contributed by atoms with Crippen molar-refractivity contribution < 1.29 is 9.13 Å². The average Bonchev–Trinajstić information content (AvgIpc) is 2.86. The molecule has 1 radical (unpaired) electrons. The average molecular weight is 236 g/mol. The summed E-state index contributed by atoms with van der Waals surface area (Å²) in [5.74, 6) is 0.0239. The van der Waals surface area contributed by atoms with Crippen molar-refractivity contribution in [2.24, 2.45) is 5.92 Å². The molecule has 1 aliphatic heterocycles. The summed E-state index contributed by atoms with van der Waals surface area (Å²) in [6, 6.07) is 0. The van der Waals surface area contributed by atoms with Crippen molar-refractivity contribution in [2.45, 2.75) is 19.3 Å². The maximum absolute atomic E-state index is 13.9. The Bertz CT molecular complexity index is 557. The molecule has 17 heavy (non-hydrogen) atoms. The van der Waals surface area contributed by atoms with Gasteiger partial charge in [-0.3, -0.25) is 4.57 Å². The van der Waals surface area contributed by atoms with Crippen molar-refractivity contribution in [1.29, 1.82) is 0 Å². The normalized spacial score (nSPS) is 28.9. The van der Waals surface area contributed by atoms with Crippen LogP contribution in [-0.4, -0.2) is 25.7 Å². The third-order valence-corrected chi connectivity index (χ3v) is 2.87. The molecule has 2 aromatic heterocycles. The number of imidazole rings is 1. The number of nitrogen functional groups attached to an aromatic ring is 1. The summed E-state index contributed by atoms with van der Waals surface area (Å²) in [7, 11) is 0. The zero-order chi connectivity index (χ0) is 12.0. The van der Waals surface area contributed by atoms with E-state index in [0.717, 1.165) is 0 Å². The van der Waals surface area contributed by atoms with Gasteiger partial charge in [-0.2, -0.15) is 0 Å². The number of halogens is 1. The first kappa shape index (κ1) is 10.4. The predicted octanol–water partition coefficient (Wildman–Crippen LogP) is 1.07. The van der Waals surface area contributed by atoms with Crippen LogP contribution in [0.3, 0.4) is 0 Å². The van der Waals surface area contributed by atoms with Crippen LogP contribution in [-0.2, 0) is 4.74 Å². The Morgan fingerprint density at radius 1 is 1.41 bits per heavy atom. The lowest BCUT2D eigenvalue weighted by atomic mass is 10.1. The van der Waals surface area contributed by atoms with Crippen molar-refractivity contribution in [1.82, 2.24) is 19.5 Å². The monoisotopic (exact) mass is 236 g/mol. The van der Waals surface area contributed by atoms with Crippen LogP contribution in [0.1, 0.15) is 13.2 Å². The first-order valence-electron chi connectivity index (χ1n) is 5.24. The highest BCUT2D eigenvalue weighted by Gasteiger charge is 2.37. The van der Waals surface area contributed by atoms with Gasteiger partial charge >= 0.3 is 0 Å². The second-order valence-corrected chi connectivity index (χ2v) is 4.05. The van der Waals surface area contributed by atoms with Crippen molar-refractivity contribution in [3.63, 3.8) is 0 Å². The standard InChI is InChI=1S/C10H11FN5O/c1-5-2-17-10(6(5)11)16-4-15-7-8(12)13-3-14-9(7)16/h2-6,10H,1H3,(H2,12,13,14)/t5-,6+,10-/m1/s1. The quantitative estimate of drug-likeness (QED) is 0.801. The Kier molecular flexibility index (Phi) is 2.22. The predicted molar refractivity (Wildman–Crippen MR) is 58.2 cm³/mol. The van der Waals surface area contributed by atoms with E-state index in [2.05, 4.69) is 15.0 Å². The molecular formula is C10H11FN5O. The van der Waals surface area contributed by atoms with Crippen LogP contribution in [0.2, 0.25) is 0 Å². The van der Waals surface area contributed by atoms with Gasteiger partial charge in [-0.25, -0.2) is 19.3 Å². The van der Waals surface area contributed by atoms with E-state index in [1.165, 1.54) is 23.8 Å². The fourth-order valence-electron chi connectivity index (χ4n) is 1.89. The minimum atomic E-state index is -1.12. The number of hydrogen-bond acceptors (Lipinski definition) is 5. The molecule has 1 saturated heterocycles. The third kappa shape index (κ3) is 1.46. The van der Waals surface area contributed by atoms with Gasteiger partial charge in [0.05, 0.1) is 12.9 Å². The smallest absolute Gasteiger partial charge is 0.168 e. The summed E-state index contributed by atoms with van der Waals surface area (Å²) >= 11 is 0. The van der Waals surface area contributed by atoms with E-state index in [-0.39, 0.29) is 11.7 Å². The lowest BCUT2D eigenvalue weighted by Gasteiger charge is -2.14. The molecule has 1 aliphatic rings. The minimum absolute atomic E-state index is 0.253. The van der Waals surface area contributed by atoms with Gasteiger partial charge in [0.2, 0.25) is 0 Å². The highest BCUT2D eigenvalue weighted by atomic mass is 19.1. The minimum Gasteiger partial charge on any atom is -0.382 e. The number of nitrogens with two attached hydrogens (primary N) is 1. The SMILES string of the molecule is C[C@@H]1[CH]O[C@@H](n2cnc3c(N)ncnc32)[C@H]1F. The van der Waals surface area contributed by atoms with Crippen LogP contribution in [0.5, 0.6) is 0 Å². The maximum atomic E-state index is 13.9. The summed E-state index contributed by atoms with van der Waals surface area (Å²) in [5.41, 5.74) is 6.60. The molecule has 2 aromatic rings. The lowest BCUT2D eigenvalue weighted by Crippen LogP contribution is -2.19. The van der Waals surface area contributed by atoms with Gasteiger partial charge in [-0.1, -0.05) is 6.92 Å². The number of anilines is 1. The fourth-order valence-corrected chi connectivity index (χ4v) is 1.89. The van der Waals surface area contributed by atoms with Crippen molar-refractivity contribution >= 4 is 17.0 Å². The number of nitrogens with zero attached hydrogens (tertiary/aromatic N) is 4. The van der Waals surface area contributed by atoms with Gasteiger partial charge in [0.1, 0.15) is 11.8 Å². The van der Waals surface area contributed by atoms with Crippen LogP contribution in [0.4, 0.5) is 10.2 Å². The molecule has 3 heterocycles. The van der Waals surface area contributed by atoms with Gasteiger partial charge in [0, 0.05) is 5.92 Å². The molecule has 7 heteroatoms. The van der Waals surface area contributed by atoms with E-state index in [9.17, 15) is 4.39 Å². The molecule has 3 atom stereocenters. The molecule has 0 aromatic carbocycles. The Labute approximate surface area is 96.6 Å². The Hall–Kier alpha value is -1.76. The van der Waals surface area contributed by atoms with Crippen LogP contribution in [0.25, 0.3) is 11.2 Å². The zero-order valence-electron chi connectivity index (χ0n) is 9.12. The second-order valence-electron chi connectivity index (χ2n) is 4.05. The Balaban J connectivity index is 2.10. The summed E-state index contributed by atoms with van der Waals surface area (Å²) < 4.78 is 20.7. The van der Waals surface area contributed by atoms with Crippen LogP contribution >= 0.6 is 0 Å². The molecular weight excluding hydrogens is 225 g/mol. The number of fused-ring (bicyclic) bond motifs is 1. The van der Waals surface area contributed by atoms with E-state index in [1.807, 2.05) is 0 Å². The first-order chi connectivity index (χ1) is 8.18. The van der Waals surface area contributed by atoms with E-state index in [0.29, 0.717) is 11.2 Å². The third-order valence-electron chi connectivity index (χ3n) is 2.87. The summed E-state index contributed by atoms with van der Waals surface area (Å²) in [4.78, 5) is 12.0. The molecule has 2 N–H and O–H groups in total. The highest BCUT2D eigenvalue weighted by Crippen LogP contribution is 2.35. The van der Waals surface area contributed by atoms with Crippen LogP contribution in [0.15, 0.2) is 12.7 Å². The molecule has 0 saturated carbocycles. The van der Waals surface area contributed by atoms with Gasteiger partial charge in [0.15, 0.2) is 23.9 Å². The molecule has 0 aliphatic carbocycles. The maximum Gasteiger partial charge on any atom is 0.168 e. The van der Waals surface area contributed by atoms with Gasteiger partial charge < -0.3 is 10.5 Å². The number of rotatable bonds is 1. The zero-order valence-corrected chi connectivity index (χ0v) is 9.12. The number of aromatic nitrogens is 4. The summed E-state index contributed by atoms with van der Waals surface area (Å²) in [6.07, 6.45) is 0.942. The van der Waals surface area contributed by atoms with E-state index in [4.69, 9.17) is 10.5 Å². The van der Waals surface area contributed by atoms with E-state index >= 15 is 0 Å². The van der Waals surface area contributed by atoms with Gasteiger partial charge in [-0.15, -0.1) is 0 Å². The molecule has 6 nitrogen and oxygen atoms in total. The Morgan fingerprint density at radius 2 is 2.24 bits per heavy atom. The molecule has 0 unspecified atom stereocenters. The molecule has 0 amide bonds. The van der Waals surface area contributed by atoms with E-state index in [1.54, 1.807) is 6.92 Å². The summed E-state index contributed by atoms with van der Waals surface area (Å²) in [6.45, 7) is 3.25. The molecule has 0 spiro atoms. The second kappa shape index (κ2) is 3.63. The van der Waals surface area contributed by atoms with Gasteiger partial charge in [0.25, 0.3) is 0 Å². The molecule has 3 rings (SSSR count). The number of hydrogen-bond donors (Lipinski definition) is 1. The topological polar surface area (TPSA) is 78.9 Å². The van der Waals surface area contributed by atoms with Gasteiger partial charge in [-0.05, 0) is 0 Å². The fraction of sp³-hybridized carbons (Fsp3) is 0.400. The van der Waals surface area contributed by atoms with Crippen LogP contribution < -0.4 is 5.73 Å². The van der Waals surface area contributed by atoms with Crippen LogP contribution in [0, 0.1) is 12.5 Å². The van der Waals surface area contributed by atoms with Crippen molar-refractivity contribution in [3.05, 3.63) is 19.3 Å². The summed E-state index contributed by atoms with van der Waals surface area (Å²) in [5, 5.41) is 0. The van der Waals surface area contributed by atoms with E-state index < -0.39 is 12.4 Å². The van der Waals surface area contributed by atoms with Crippen molar-refractivity contribution in [3.8, 4) is 0 Å². The lowest BCUT2D eigenvalue weighted by molar-refractivity contribution is 0.0460. The molecule has 1 fully saturated rings. The Morgan fingerprint density at radius 3 is 2.94 bits per heavy atom. The molecule has 0 bridgehead atoms.